The first-order valence-electron chi connectivity index (χ1n) is 6.87. The van der Waals surface area contributed by atoms with Gasteiger partial charge in [-0.15, -0.1) is 0 Å². The first-order valence-corrected chi connectivity index (χ1v) is 6.87. The first-order chi connectivity index (χ1) is 9.58. The predicted octanol–water partition coefficient (Wildman–Crippen LogP) is 2.44. The van der Waals surface area contributed by atoms with E-state index in [0.29, 0.717) is 31.9 Å². The minimum atomic E-state index is -0.374. The van der Waals surface area contributed by atoms with Crippen molar-refractivity contribution >= 4 is 5.97 Å². The highest BCUT2D eigenvalue weighted by Gasteiger charge is 2.18. The summed E-state index contributed by atoms with van der Waals surface area (Å²) in [6, 6.07) is 4.00. The SMILES string of the molecule is CCNC(CCOc1ccc(F)cc1C)C(=O)OCC. The van der Waals surface area contributed by atoms with Crippen molar-refractivity contribution < 1.29 is 18.7 Å². The van der Waals surface area contributed by atoms with E-state index in [-0.39, 0.29) is 17.8 Å². The summed E-state index contributed by atoms with van der Waals surface area (Å²) in [6.45, 7) is 6.89. The van der Waals surface area contributed by atoms with Crippen LogP contribution in [-0.4, -0.2) is 31.8 Å². The number of halogens is 1. The molecule has 0 aliphatic rings. The molecule has 1 N–H and O–H groups in total. The van der Waals surface area contributed by atoms with Crippen LogP contribution < -0.4 is 10.1 Å². The number of carbonyl (C=O) groups is 1. The van der Waals surface area contributed by atoms with E-state index in [0.717, 1.165) is 5.56 Å². The molecule has 0 aliphatic heterocycles. The Morgan fingerprint density at radius 3 is 2.75 bits per heavy atom. The number of carbonyl (C=O) groups excluding carboxylic acids is 1. The van der Waals surface area contributed by atoms with Crippen molar-refractivity contribution in [3.63, 3.8) is 0 Å². The van der Waals surface area contributed by atoms with Gasteiger partial charge >= 0.3 is 5.97 Å². The van der Waals surface area contributed by atoms with E-state index in [4.69, 9.17) is 9.47 Å². The van der Waals surface area contributed by atoms with E-state index >= 15 is 0 Å². The van der Waals surface area contributed by atoms with Crippen LogP contribution in [0.2, 0.25) is 0 Å². The molecular weight excluding hydrogens is 261 g/mol. The topological polar surface area (TPSA) is 47.6 Å². The van der Waals surface area contributed by atoms with Crippen LogP contribution in [0.15, 0.2) is 18.2 Å². The maximum absolute atomic E-state index is 13.0. The fourth-order valence-corrected chi connectivity index (χ4v) is 1.85. The van der Waals surface area contributed by atoms with E-state index in [9.17, 15) is 9.18 Å². The summed E-state index contributed by atoms with van der Waals surface area (Å²) in [5.74, 6) is 0.0752. The summed E-state index contributed by atoms with van der Waals surface area (Å²) >= 11 is 0. The molecule has 1 rings (SSSR count). The van der Waals surface area contributed by atoms with Gasteiger partial charge in [0.1, 0.15) is 17.6 Å². The summed E-state index contributed by atoms with van der Waals surface area (Å²) in [6.07, 6.45) is 0.503. The lowest BCUT2D eigenvalue weighted by atomic mass is 10.2. The van der Waals surface area contributed by atoms with Gasteiger partial charge in [-0.1, -0.05) is 6.92 Å². The molecule has 0 aromatic heterocycles. The smallest absolute Gasteiger partial charge is 0.323 e. The number of hydrogen-bond donors (Lipinski definition) is 1. The fraction of sp³-hybridized carbons (Fsp3) is 0.533. The molecule has 0 saturated heterocycles. The van der Waals surface area contributed by atoms with Crippen LogP contribution in [-0.2, 0) is 9.53 Å². The standard InChI is InChI=1S/C15H22FNO3/c1-4-17-13(15(18)19-5-2)8-9-20-14-7-6-12(16)10-11(14)3/h6-7,10,13,17H,4-5,8-9H2,1-3H3. The minimum Gasteiger partial charge on any atom is -0.493 e. The van der Waals surface area contributed by atoms with Gasteiger partial charge in [-0.25, -0.2) is 4.39 Å². The minimum absolute atomic E-state index is 0.270. The van der Waals surface area contributed by atoms with Crippen LogP contribution in [0.3, 0.4) is 0 Å². The highest BCUT2D eigenvalue weighted by Crippen LogP contribution is 2.18. The van der Waals surface area contributed by atoms with Gasteiger partial charge in [-0.05, 0) is 44.2 Å². The maximum Gasteiger partial charge on any atom is 0.323 e. The molecule has 0 amide bonds. The Bertz CT molecular complexity index is 437. The summed E-state index contributed by atoms with van der Waals surface area (Å²) in [7, 11) is 0. The average molecular weight is 283 g/mol. The van der Waals surface area contributed by atoms with Gasteiger partial charge < -0.3 is 14.8 Å². The van der Waals surface area contributed by atoms with E-state index in [2.05, 4.69) is 5.32 Å². The number of hydrogen-bond acceptors (Lipinski definition) is 4. The summed E-state index contributed by atoms with van der Waals surface area (Å²) in [5, 5.41) is 3.06. The van der Waals surface area contributed by atoms with Gasteiger partial charge in [-0.2, -0.15) is 0 Å². The molecule has 0 fully saturated rings. The molecule has 5 heteroatoms. The monoisotopic (exact) mass is 283 g/mol. The third-order valence-corrected chi connectivity index (χ3v) is 2.82. The van der Waals surface area contributed by atoms with Crippen LogP contribution in [0, 0.1) is 12.7 Å². The largest absolute Gasteiger partial charge is 0.493 e. The van der Waals surface area contributed by atoms with Crippen molar-refractivity contribution in [3.8, 4) is 5.75 Å². The Balaban J connectivity index is 2.49. The van der Waals surface area contributed by atoms with E-state index in [1.165, 1.54) is 12.1 Å². The van der Waals surface area contributed by atoms with Gasteiger partial charge in [0.05, 0.1) is 13.2 Å². The van der Waals surface area contributed by atoms with Crippen molar-refractivity contribution in [2.45, 2.75) is 33.2 Å². The predicted molar refractivity (Wildman–Crippen MR) is 75.3 cm³/mol. The molecule has 1 unspecified atom stereocenters. The molecule has 1 aromatic carbocycles. The van der Waals surface area contributed by atoms with Crippen molar-refractivity contribution in [2.24, 2.45) is 0 Å². The van der Waals surface area contributed by atoms with Crippen LogP contribution in [0.5, 0.6) is 5.75 Å². The molecule has 0 radical (unpaired) electrons. The van der Waals surface area contributed by atoms with Crippen molar-refractivity contribution in [2.75, 3.05) is 19.8 Å². The number of aryl methyl sites for hydroxylation is 1. The number of esters is 1. The Morgan fingerprint density at radius 2 is 2.15 bits per heavy atom. The highest BCUT2D eigenvalue weighted by molar-refractivity contribution is 5.75. The zero-order valence-electron chi connectivity index (χ0n) is 12.2. The van der Waals surface area contributed by atoms with Gasteiger partial charge in [-0.3, -0.25) is 4.79 Å². The van der Waals surface area contributed by atoms with E-state index < -0.39 is 0 Å². The Kier molecular flexibility index (Phi) is 7.01. The van der Waals surface area contributed by atoms with Gasteiger partial charge in [0.25, 0.3) is 0 Å². The lowest BCUT2D eigenvalue weighted by Gasteiger charge is -2.17. The molecule has 0 spiro atoms. The second kappa shape index (κ2) is 8.53. The zero-order chi connectivity index (χ0) is 15.0. The molecule has 0 heterocycles. The van der Waals surface area contributed by atoms with E-state index in [1.54, 1.807) is 19.9 Å². The molecular formula is C15H22FNO3. The van der Waals surface area contributed by atoms with Crippen LogP contribution in [0.4, 0.5) is 4.39 Å². The van der Waals surface area contributed by atoms with Crippen molar-refractivity contribution in [1.82, 2.24) is 5.32 Å². The highest BCUT2D eigenvalue weighted by atomic mass is 19.1. The summed E-state index contributed by atoms with van der Waals surface area (Å²) in [4.78, 5) is 11.7. The third kappa shape index (κ3) is 5.17. The molecule has 4 nitrogen and oxygen atoms in total. The number of nitrogens with one attached hydrogen (secondary N) is 1. The molecule has 112 valence electrons. The Morgan fingerprint density at radius 1 is 1.40 bits per heavy atom. The van der Waals surface area contributed by atoms with Crippen molar-refractivity contribution in [1.29, 1.82) is 0 Å². The summed E-state index contributed by atoms with van der Waals surface area (Å²) in [5.41, 5.74) is 0.737. The van der Waals surface area contributed by atoms with Gasteiger partial charge in [0, 0.05) is 6.42 Å². The lowest BCUT2D eigenvalue weighted by molar-refractivity contribution is -0.146. The quantitative estimate of drug-likeness (QED) is 0.744. The van der Waals surface area contributed by atoms with Gasteiger partial charge in [0.15, 0.2) is 0 Å². The molecule has 0 bridgehead atoms. The zero-order valence-corrected chi connectivity index (χ0v) is 12.2. The average Bonchev–Trinajstić information content (AvgIpc) is 2.40. The fourth-order valence-electron chi connectivity index (χ4n) is 1.85. The molecule has 0 saturated carbocycles. The second-order valence-electron chi connectivity index (χ2n) is 4.41. The molecule has 0 aliphatic carbocycles. The van der Waals surface area contributed by atoms with Crippen LogP contribution in [0.1, 0.15) is 25.8 Å². The number of likely N-dealkylation sites (N-methyl/N-ethyl adjacent to an activating group) is 1. The first kappa shape index (κ1) is 16.4. The molecule has 20 heavy (non-hydrogen) atoms. The number of benzene rings is 1. The van der Waals surface area contributed by atoms with Crippen LogP contribution >= 0.6 is 0 Å². The normalized spacial score (nSPS) is 12.0. The maximum atomic E-state index is 13.0. The Hall–Kier alpha value is -1.62. The number of rotatable bonds is 8. The van der Waals surface area contributed by atoms with Crippen molar-refractivity contribution in [3.05, 3.63) is 29.6 Å². The van der Waals surface area contributed by atoms with Gasteiger partial charge in [0.2, 0.25) is 0 Å². The van der Waals surface area contributed by atoms with E-state index in [1.807, 2.05) is 6.92 Å². The lowest BCUT2D eigenvalue weighted by Crippen LogP contribution is -2.39. The number of ether oxygens (including phenoxy) is 2. The molecule has 1 aromatic rings. The summed E-state index contributed by atoms with van der Waals surface area (Å²) < 4.78 is 23.5. The van der Waals surface area contributed by atoms with Crippen LogP contribution in [0.25, 0.3) is 0 Å². The Labute approximate surface area is 119 Å². The third-order valence-electron chi connectivity index (χ3n) is 2.82. The molecule has 1 atom stereocenters. The second-order valence-corrected chi connectivity index (χ2v) is 4.41.